The summed E-state index contributed by atoms with van der Waals surface area (Å²) in [6, 6.07) is 3.11. The Kier molecular flexibility index (Phi) is 7.08. The van der Waals surface area contributed by atoms with Gasteiger partial charge in [0.15, 0.2) is 5.58 Å². The number of carbonyl (C=O) groups excluding carboxylic acids is 2. The normalized spacial score (nSPS) is 18.1. The van der Waals surface area contributed by atoms with Gasteiger partial charge in [0, 0.05) is 19.7 Å². The van der Waals surface area contributed by atoms with Crippen LogP contribution in [0, 0.1) is 0 Å². The molecule has 2 amide bonds. The van der Waals surface area contributed by atoms with E-state index in [9.17, 15) is 9.59 Å². The Morgan fingerprint density at radius 3 is 2.76 bits per heavy atom. The zero-order valence-electron chi connectivity index (χ0n) is 19.6. The second kappa shape index (κ2) is 10.2. The van der Waals surface area contributed by atoms with E-state index in [2.05, 4.69) is 15.4 Å². The van der Waals surface area contributed by atoms with Crippen molar-refractivity contribution < 1.29 is 28.3 Å². The third-order valence-electron chi connectivity index (χ3n) is 5.81. The number of nitrogens with zero attached hydrogens (tertiary/aromatic N) is 5. The average molecular weight is 473 g/mol. The van der Waals surface area contributed by atoms with E-state index in [4.69, 9.17) is 23.7 Å². The summed E-state index contributed by atoms with van der Waals surface area (Å²) in [5, 5.41) is 11.5. The molecule has 3 aromatic heterocycles. The highest BCUT2D eigenvalue weighted by Gasteiger charge is 2.38. The number of hydroxylamine groups is 2. The molecule has 0 bridgehead atoms. The molecule has 1 N–H and O–H groups in total. The lowest BCUT2D eigenvalue weighted by Crippen LogP contribution is -2.47. The maximum Gasteiger partial charge on any atom is 0.414 e. The summed E-state index contributed by atoms with van der Waals surface area (Å²) in [6.45, 7) is 4.41. The lowest BCUT2D eigenvalue weighted by Gasteiger charge is -2.36. The fourth-order valence-corrected chi connectivity index (χ4v) is 4.02. The minimum absolute atomic E-state index is 0.0201. The predicted molar refractivity (Wildman–Crippen MR) is 121 cm³/mol. The first kappa shape index (κ1) is 23.6. The standard InChI is InChI=1S/C22H28N6O6/c1-5-14-11-13(9-10-33-14)28(22(30)32-6-2)19-18-17(34-20(19)21(29)27(3)31-4)8-7-15(24-18)16-12-23-26-25-16/h7-8,12-14H,5-6,9-11H2,1-4H3,(H,23,25,26). The van der Waals surface area contributed by atoms with Gasteiger partial charge in [-0.2, -0.15) is 15.4 Å². The monoisotopic (exact) mass is 472 g/mol. The van der Waals surface area contributed by atoms with Crippen LogP contribution in [0.2, 0.25) is 0 Å². The molecule has 34 heavy (non-hydrogen) atoms. The van der Waals surface area contributed by atoms with Gasteiger partial charge in [-0.05, 0) is 38.3 Å². The number of hydrogen-bond acceptors (Lipinski definition) is 9. The lowest BCUT2D eigenvalue weighted by molar-refractivity contribution is -0.0772. The van der Waals surface area contributed by atoms with Gasteiger partial charge in [-0.15, -0.1) is 0 Å². The molecule has 4 heterocycles. The first-order valence-corrected chi connectivity index (χ1v) is 11.2. The molecule has 0 aromatic carbocycles. The smallest absolute Gasteiger partial charge is 0.414 e. The fourth-order valence-electron chi connectivity index (χ4n) is 4.02. The lowest BCUT2D eigenvalue weighted by atomic mass is 9.99. The third kappa shape index (κ3) is 4.46. The molecule has 2 atom stereocenters. The molecular formula is C22H28N6O6. The van der Waals surface area contributed by atoms with Crippen LogP contribution in [0.25, 0.3) is 22.5 Å². The van der Waals surface area contributed by atoms with Crippen molar-refractivity contribution in [2.24, 2.45) is 0 Å². The minimum atomic E-state index is -0.588. The number of hydrogen-bond donors (Lipinski definition) is 1. The second-order valence-corrected chi connectivity index (χ2v) is 7.81. The van der Waals surface area contributed by atoms with Gasteiger partial charge in [-0.1, -0.05) is 6.92 Å². The number of rotatable bonds is 7. The average Bonchev–Trinajstić information content (AvgIpc) is 3.52. The summed E-state index contributed by atoms with van der Waals surface area (Å²) in [6.07, 6.45) is 2.87. The maximum atomic E-state index is 13.3. The first-order chi connectivity index (χ1) is 16.5. The number of furan rings is 1. The molecule has 0 spiro atoms. The predicted octanol–water partition coefficient (Wildman–Crippen LogP) is 3.17. The molecule has 2 unspecified atom stereocenters. The molecule has 12 heteroatoms. The Hall–Kier alpha value is -3.51. The van der Waals surface area contributed by atoms with Crippen molar-refractivity contribution in [1.29, 1.82) is 0 Å². The minimum Gasteiger partial charge on any atom is -0.449 e. The number of ether oxygens (including phenoxy) is 2. The highest BCUT2D eigenvalue weighted by Crippen LogP contribution is 2.38. The molecule has 0 saturated carbocycles. The number of pyridine rings is 1. The summed E-state index contributed by atoms with van der Waals surface area (Å²) < 4.78 is 17.2. The van der Waals surface area contributed by atoms with Gasteiger partial charge in [-0.25, -0.2) is 14.8 Å². The molecule has 182 valence electrons. The van der Waals surface area contributed by atoms with Crippen LogP contribution in [-0.2, 0) is 14.3 Å². The van der Waals surface area contributed by atoms with Crippen molar-refractivity contribution in [2.45, 2.75) is 45.3 Å². The number of fused-ring (bicyclic) bond motifs is 1. The fraction of sp³-hybridized carbons (Fsp3) is 0.500. The molecule has 1 saturated heterocycles. The van der Waals surface area contributed by atoms with Crippen LogP contribution in [0.1, 0.15) is 43.7 Å². The van der Waals surface area contributed by atoms with Gasteiger partial charge < -0.3 is 13.9 Å². The Balaban J connectivity index is 1.92. The van der Waals surface area contributed by atoms with Gasteiger partial charge in [0.1, 0.15) is 16.9 Å². The largest absolute Gasteiger partial charge is 0.449 e. The van der Waals surface area contributed by atoms with Gasteiger partial charge >= 0.3 is 12.0 Å². The zero-order valence-corrected chi connectivity index (χ0v) is 19.6. The summed E-state index contributed by atoms with van der Waals surface area (Å²) in [5.41, 5.74) is 1.92. The Morgan fingerprint density at radius 2 is 2.09 bits per heavy atom. The molecule has 12 nitrogen and oxygen atoms in total. The number of anilines is 1. The van der Waals surface area contributed by atoms with Crippen LogP contribution in [0.5, 0.6) is 0 Å². The van der Waals surface area contributed by atoms with Crippen molar-refractivity contribution >= 4 is 28.8 Å². The Bertz CT molecular complexity index is 1150. The van der Waals surface area contributed by atoms with Gasteiger partial charge in [0.05, 0.1) is 31.7 Å². The highest BCUT2D eigenvalue weighted by atomic mass is 16.7. The van der Waals surface area contributed by atoms with Gasteiger partial charge in [-0.3, -0.25) is 14.5 Å². The van der Waals surface area contributed by atoms with Crippen LogP contribution in [0.3, 0.4) is 0 Å². The molecule has 4 rings (SSSR count). The SMILES string of the molecule is CCOC(=O)N(c1c(C(=O)N(C)OC)oc2ccc(-c3cn[nH]n3)nc12)C1CCOC(CC)C1. The Labute approximate surface area is 196 Å². The van der Waals surface area contributed by atoms with E-state index in [1.165, 1.54) is 25.3 Å². The van der Waals surface area contributed by atoms with Crippen LogP contribution in [-0.4, -0.2) is 77.0 Å². The molecule has 3 aromatic rings. The summed E-state index contributed by atoms with van der Waals surface area (Å²) in [5.74, 6) is -0.636. The van der Waals surface area contributed by atoms with Crippen molar-refractivity contribution in [3.8, 4) is 11.4 Å². The molecule has 0 radical (unpaired) electrons. The summed E-state index contributed by atoms with van der Waals surface area (Å²) in [7, 11) is 2.83. The van der Waals surface area contributed by atoms with E-state index in [-0.39, 0.29) is 30.2 Å². The van der Waals surface area contributed by atoms with Crippen LogP contribution in [0.15, 0.2) is 22.7 Å². The van der Waals surface area contributed by atoms with Crippen molar-refractivity contribution in [3.63, 3.8) is 0 Å². The van der Waals surface area contributed by atoms with Gasteiger partial charge in [0.25, 0.3) is 0 Å². The topological polar surface area (TPSA) is 136 Å². The molecule has 0 aliphatic carbocycles. The van der Waals surface area contributed by atoms with E-state index in [1.807, 2.05) is 6.92 Å². The number of aromatic nitrogens is 4. The van der Waals surface area contributed by atoms with Crippen molar-refractivity contribution in [3.05, 3.63) is 24.1 Å². The zero-order chi connectivity index (χ0) is 24.2. The number of aromatic amines is 1. The van der Waals surface area contributed by atoms with E-state index < -0.39 is 12.0 Å². The second-order valence-electron chi connectivity index (χ2n) is 7.81. The van der Waals surface area contributed by atoms with E-state index in [0.29, 0.717) is 41.9 Å². The third-order valence-corrected chi connectivity index (χ3v) is 5.81. The number of H-pyrrole nitrogens is 1. The van der Waals surface area contributed by atoms with E-state index in [0.717, 1.165) is 11.5 Å². The number of carbonyl (C=O) groups is 2. The highest BCUT2D eigenvalue weighted by molar-refractivity contribution is 6.09. The van der Waals surface area contributed by atoms with Crippen LogP contribution in [0.4, 0.5) is 10.5 Å². The molecular weight excluding hydrogens is 444 g/mol. The molecule has 1 aliphatic rings. The van der Waals surface area contributed by atoms with Crippen molar-refractivity contribution in [1.82, 2.24) is 25.5 Å². The van der Waals surface area contributed by atoms with Crippen LogP contribution >= 0.6 is 0 Å². The number of amides is 2. The number of nitrogens with one attached hydrogen (secondary N) is 1. The van der Waals surface area contributed by atoms with E-state index in [1.54, 1.807) is 19.1 Å². The van der Waals surface area contributed by atoms with Crippen molar-refractivity contribution in [2.75, 3.05) is 32.3 Å². The maximum absolute atomic E-state index is 13.3. The quantitative estimate of drug-likeness (QED) is 0.514. The molecule has 1 fully saturated rings. The first-order valence-electron chi connectivity index (χ1n) is 11.2. The molecule has 1 aliphatic heterocycles. The summed E-state index contributed by atoms with van der Waals surface area (Å²) in [4.78, 5) is 37.8. The summed E-state index contributed by atoms with van der Waals surface area (Å²) >= 11 is 0. The Morgan fingerprint density at radius 1 is 1.26 bits per heavy atom. The van der Waals surface area contributed by atoms with E-state index >= 15 is 0 Å². The van der Waals surface area contributed by atoms with Crippen LogP contribution < -0.4 is 4.90 Å². The van der Waals surface area contributed by atoms with Gasteiger partial charge in [0.2, 0.25) is 5.76 Å².